The minimum atomic E-state index is -0.898. The van der Waals surface area contributed by atoms with Gasteiger partial charge in [0.2, 0.25) is 0 Å². The maximum absolute atomic E-state index is 13.1. The fraction of sp³-hybridized carbons (Fsp3) is 0.241. The lowest BCUT2D eigenvalue weighted by molar-refractivity contribution is -0.384. The summed E-state index contributed by atoms with van der Waals surface area (Å²) in [5.41, 5.74) is 2.78. The van der Waals surface area contributed by atoms with E-state index >= 15 is 0 Å². The van der Waals surface area contributed by atoms with Gasteiger partial charge >= 0.3 is 0 Å². The van der Waals surface area contributed by atoms with Crippen LogP contribution < -0.4 is 4.74 Å². The monoisotopic (exact) mass is 516 g/mol. The molecule has 0 unspecified atom stereocenters. The Balaban J connectivity index is 1.64. The van der Waals surface area contributed by atoms with Crippen LogP contribution in [0.4, 0.5) is 5.69 Å². The second-order valence-electron chi connectivity index (χ2n) is 8.99. The summed E-state index contributed by atoms with van der Waals surface area (Å²) in [7, 11) is 1.54. The van der Waals surface area contributed by atoms with E-state index in [1.807, 2.05) is 31.2 Å². The van der Waals surface area contributed by atoms with Crippen molar-refractivity contribution in [1.82, 2.24) is 4.90 Å². The number of aliphatic hydroxyl groups is 1. The van der Waals surface area contributed by atoms with Crippen molar-refractivity contribution in [2.45, 2.75) is 26.0 Å². The zero-order chi connectivity index (χ0) is 27.2. The number of nitro groups is 1. The number of likely N-dealkylation sites (tertiary alicyclic amines) is 1. The number of ketones is 1. The zero-order valence-corrected chi connectivity index (χ0v) is 21.1. The highest BCUT2D eigenvalue weighted by Gasteiger charge is 2.45. The third-order valence-electron chi connectivity index (χ3n) is 6.32. The number of amides is 1. The number of aryl methyl sites for hydroxylation is 1. The molecule has 0 bridgehead atoms. The lowest BCUT2D eigenvalue weighted by Crippen LogP contribution is -2.31. The van der Waals surface area contributed by atoms with Crippen LogP contribution in [0.1, 0.15) is 34.7 Å². The van der Waals surface area contributed by atoms with E-state index in [2.05, 4.69) is 0 Å². The normalized spacial score (nSPS) is 16.6. The van der Waals surface area contributed by atoms with E-state index in [-0.39, 0.29) is 23.6 Å². The average Bonchev–Trinajstić information content (AvgIpc) is 3.17. The number of carbonyl (C=O) groups is 2. The van der Waals surface area contributed by atoms with Gasteiger partial charge < -0.3 is 19.5 Å². The molecule has 0 spiro atoms. The summed E-state index contributed by atoms with van der Waals surface area (Å²) in [6, 6.07) is 19.3. The SMILES string of the molecule is COCCCN1C(=O)C(=O)C(=C(O)c2ccc(OCc3cccc(C)c3)cc2)[C@@H]1c1ccc([N+](=O)[O-])cc1. The molecule has 9 nitrogen and oxygen atoms in total. The Hall–Kier alpha value is -4.50. The molecule has 196 valence electrons. The van der Waals surface area contributed by atoms with Crippen molar-refractivity contribution in [3.05, 3.63) is 111 Å². The van der Waals surface area contributed by atoms with Gasteiger partial charge in [-0.3, -0.25) is 19.7 Å². The largest absolute Gasteiger partial charge is 0.507 e. The number of hydrogen-bond acceptors (Lipinski definition) is 7. The van der Waals surface area contributed by atoms with Crippen LogP contribution in [0.5, 0.6) is 5.75 Å². The molecule has 1 amide bonds. The smallest absolute Gasteiger partial charge is 0.295 e. The number of ether oxygens (including phenoxy) is 2. The van der Waals surface area contributed by atoms with Gasteiger partial charge in [-0.05, 0) is 60.9 Å². The summed E-state index contributed by atoms with van der Waals surface area (Å²) in [5.74, 6) is -1.31. The first-order chi connectivity index (χ1) is 18.3. The van der Waals surface area contributed by atoms with Gasteiger partial charge in [-0.1, -0.05) is 29.8 Å². The Bertz CT molecular complexity index is 1360. The molecule has 38 heavy (non-hydrogen) atoms. The van der Waals surface area contributed by atoms with Crippen LogP contribution in [-0.2, 0) is 20.9 Å². The fourth-order valence-corrected chi connectivity index (χ4v) is 4.45. The van der Waals surface area contributed by atoms with Gasteiger partial charge in [-0.15, -0.1) is 0 Å². The Kier molecular flexibility index (Phi) is 8.18. The predicted octanol–water partition coefficient (Wildman–Crippen LogP) is 4.94. The molecular weight excluding hydrogens is 488 g/mol. The Morgan fingerprint density at radius 3 is 2.39 bits per heavy atom. The number of methoxy groups -OCH3 is 1. The quantitative estimate of drug-likeness (QED) is 0.101. The van der Waals surface area contributed by atoms with Crippen molar-refractivity contribution < 1.29 is 29.1 Å². The molecule has 1 fully saturated rings. The third-order valence-corrected chi connectivity index (χ3v) is 6.32. The number of rotatable bonds is 10. The molecule has 0 aromatic heterocycles. The molecule has 1 aliphatic heterocycles. The van der Waals surface area contributed by atoms with Crippen molar-refractivity contribution >= 4 is 23.1 Å². The minimum Gasteiger partial charge on any atom is -0.507 e. The van der Waals surface area contributed by atoms with Crippen molar-refractivity contribution in [3.8, 4) is 5.75 Å². The number of nitrogens with zero attached hydrogens (tertiary/aromatic N) is 2. The van der Waals surface area contributed by atoms with Gasteiger partial charge in [0.15, 0.2) is 0 Å². The molecule has 1 N–H and O–H groups in total. The van der Waals surface area contributed by atoms with Crippen LogP contribution in [0.15, 0.2) is 78.4 Å². The van der Waals surface area contributed by atoms with Crippen LogP contribution in [0.2, 0.25) is 0 Å². The molecule has 1 saturated heterocycles. The molecule has 3 aromatic rings. The summed E-state index contributed by atoms with van der Waals surface area (Å²) >= 11 is 0. The van der Waals surface area contributed by atoms with E-state index in [0.29, 0.717) is 36.5 Å². The van der Waals surface area contributed by atoms with Crippen LogP contribution in [0.25, 0.3) is 5.76 Å². The van der Waals surface area contributed by atoms with E-state index in [1.54, 1.807) is 24.3 Å². The number of Topliss-reactive ketones (excluding diaryl/α,β-unsaturated/α-hetero) is 1. The van der Waals surface area contributed by atoms with Gasteiger partial charge in [0.25, 0.3) is 17.4 Å². The number of nitro benzene ring substituents is 1. The van der Waals surface area contributed by atoms with Crippen molar-refractivity contribution in [2.24, 2.45) is 0 Å². The first-order valence-electron chi connectivity index (χ1n) is 12.1. The second-order valence-corrected chi connectivity index (χ2v) is 8.99. The number of non-ortho nitro benzene ring substituents is 1. The average molecular weight is 517 g/mol. The van der Waals surface area contributed by atoms with Gasteiger partial charge in [-0.2, -0.15) is 0 Å². The predicted molar refractivity (Wildman–Crippen MR) is 141 cm³/mol. The Morgan fingerprint density at radius 2 is 1.76 bits per heavy atom. The molecule has 0 radical (unpaired) electrons. The summed E-state index contributed by atoms with van der Waals surface area (Å²) in [6.45, 7) is 2.97. The summed E-state index contributed by atoms with van der Waals surface area (Å²) in [4.78, 5) is 38.0. The molecule has 1 aliphatic rings. The maximum atomic E-state index is 13.1. The van der Waals surface area contributed by atoms with E-state index < -0.39 is 22.7 Å². The molecule has 1 heterocycles. The lowest BCUT2D eigenvalue weighted by atomic mass is 9.95. The van der Waals surface area contributed by atoms with Crippen LogP contribution in [0.3, 0.4) is 0 Å². The summed E-state index contributed by atoms with van der Waals surface area (Å²) < 4.78 is 10.9. The van der Waals surface area contributed by atoms with Gasteiger partial charge in [-0.25, -0.2) is 0 Å². The number of aliphatic hydroxyl groups excluding tert-OH is 1. The zero-order valence-electron chi connectivity index (χ0n) is 21.1. The third kappa shape index (κ3) is 5.73. The van der Waals surface area contributed by atoms with Crippen molar-refractivity contribution in [1.29, 1.82) is 0 Å². The highest BCUT2D eigenvalue weighted by atomic mass is 16.6. The highest BCUT2D eigenvalue weighted by molar-refractivity contribution is 6.46. The second kappa shape index (κ2) is 11.7. The van der Waals surface area contributed by atoms with E-state index in [4.69, 9.17) is 9.47 Å². The first-order valence-corrected chi connectivity index (χ1v) is 12.1. The van der Waals surface area contributed by atoms with E-state index in [9.17, 15) is 24.8 Å². The topological polar surface area (TPSA) is 119 Å². The molecule has 0 saturated carbocycles. The Labute approximate surface area is 220 Å². The standard InChI is InChI=1S/C29H28N2O7/c1-19-5-3-6-20(17-19)18-38-24-13-9-22(10-14-24)27(32)25-26(21-7-11-23(12-8-21)31(35)36)30(15-4-16-37-2)29(34)28(25)33/h3,5-14,17,26,32H,4,15-16,18H2,1-2H3/t26-/m0/s1. The first kappa shape index (κ1) is 26.6. The van der Waals surface area contributed by atoms with E-state index in [0.717, 1.165) is 11.1 Å². The maximum Gasteiger partial charge on any atom is 0.295 e. The molecule has 3 aromatic carbocycles. The Morgan fingerprint density at radius 1 is 1.05 bits per heavy atom. The number of hydrogen-bond donors (Lipinski definition) is 1. The summed E-state index contributed by atoms with van der Waals surface area (Å²) in [6.07, 6.45) is 0.472. The fourth-order valence-electron chi connectivity index (χ4n) is 4.45. The van der Waals surface area contributed by atoms with Gasteiger partial charge in [0, 0.05) is 38.0 Å². The summed E-state index contributed by atoms with van der Waals surface area (Å²) in [5, 5.41) is 22.3. The molecule has 4 rings (SSSR count). The van der Waals surface area contributed by atoms with Crippen LogP contribution >= 0.6 is 0 Å². The molecule has 9 heteroatoms. The minimum absolute atomic E-state index is 0.0744. The molecule has 0 aliphatic carbocycles. The van der Waals surface area contributed by atoms with Gasteiger partial charge in [0.1, 0.15) is 18.1 Å². The van der Waals surface area contributed by atoms with Crippen LogP contribution in [-0.4, -0.2) is 46.9 Å². The molecule has 1 atom stereocenters. The molecular formula is C29H28N2O7. The van der Waals surface area contributed by atoms with Crippen LogP contribution in [0, 0.1) is 17.0 Å². The van der Waals surface area contributed by atoms with Crippen molar-refractivity contribution in [3.63, 3.8) is 0 Å². The van der Waals surface area contributed by atoms with E-state index in [1.165, 1.54) is 36.3 Å². The highest BCUT2D eigenvalue weighted by Crippen LogP contribution is 2.40. The number of carbonyl (C=O) groups excluding carboxylic acids is 2. The van der Waals surface area contributed by atoms with Crippen molar-refractivity contribution in [2.75, 3.05) is 20.3 Å². The van der Waals surface area contributed by atoms with Gasteiger partial charge in [0.05, 0.1) is 16.5 Å². The number of benzene rings is 3. The lowest BCUT2D eigenvalue weighted by Gasteiger charge is -2.25.